The lowest BCUT2D eigenvalue weighted by atomic mass is 10.1. The minimum Gasteiger partial charge on any atom is -0.478 e. The van der Waals surface area contributed by atoms with E-state index in [2.05, 4.69) is 15.2 Å². The van der Waals surface area contributed by atoms with Crippen LogP contribution < -0.4 is 10.1 Å². The van der Waals surface area contributed by atoms with Crippen molar-refractivity contribution in [2.24, 2.45) is 5.10 Å². The number of carboxylic acid groups (broad SMARTS) is 1. The van der Waals surface area contributed by atoms with Gasteiger partial charge in [-0.05, 0) is 17.7 Å². The zero-order valence-electron chi connectivity index (χ0n) is 15.1. The van der Waals surface area contributed by atoms with Gasteiger partial charge in [0.05, 0.1) is 18.8 Å². The number of urea groups is 1. The van der Waals surface area contributed by atoms with Crippen LogP contribution in [-0.4, -0.2) is 88.7 Å². The minimum atomic E-state index is -1.03. The summed E-state index contributed by atoms with van der Waals surface area (Å²) in [5.74, 6) is -1.72. The topological polar surface area (TPSA) is 137 Å². The van der Waals surface area contributed by atoms with E-state index in [1.807, 2.05) is 0 Å². The Morgan fingerprint density at radius 1 is 1.21 bits per heavy atom. The highest BCUT2D eigenvalue weighted by molar-refractivity contribution is 6.22. The van der Waals surface area contributed by atoms with Crippen molar-refractivity contribution in [3.05, 3.63) is 35.4 Å². The molecule has 1 aromatic carbocycles. The maximum Gasteiger partial charge on any atom is 0.389 e. The van der Waals surface area contributed by atoms with Gasteiger partial charge < -0.3 is 5.11 Å². The van der Waals surface area contributed by atoms with Gasteiger partial charge in [-0.15, -0.1) is 0 Å². The number of carboxylic acids is 1. The predicted molar refractivity (Wildman–Crippen MR) is 98.8 cm³/mol. The number of amides is 4. The second-order valence-electron chi connectivity index (χ2n) is 6.14. The third-order valence-corrected chi connectivity index (χ3v) is 4.28. The first-order valence-electron chi connectivity index (χ1n) is 8.17. The third-order valence-electron chi connectivity index (χ3n) is 4.28. The highest BCUT2D eigenvalue weighted by atomic mass is 16.4. The Morgan fingerprint density at radius 3 is 2.54 bits per heavy atom. The van der Waals surface area contributed by atoms with Gasteiger partial charge in [0.1, 0.15) is 6.54 Å². The number of carbonyl (C=O) groups excluding carboxylic acids is 3. The lowest BCUT2D eigenvalue weighted by Gasteiger charge is -2.29. The second-order valence-corrected chi connectivity index (χ2v) is 6.14. The van der Waals surface area contributed by atoms with E-state index in [0.29, 0.717) is 5.56 Å². The van der Waals surface area contributed by atoms with Crippen LogP contribution in [0.25, 0.3) is 0 Å². The molecule has 1 saturated heterocycles. The van der Waals surface area contributed by atoms with Crippen molar-refractivity contribution in [3.63, 3.8) is 0 Å². The van der Waals surface area contributed by atoms with Crippen LogP contribution in [0.1, 0.15) is 15.9 Å². The molecule has 1 unspecified atom stereocenters. The molecule has 28 heavy (non-hydrogen) atoms. The van der Waals surface area contributed by atoms with Crippen molar-refractivity contribution in [1.82, 2.24) is 24.8 Å². The smallest absolute Gasteiger partial charge is 0.389 e. The summed E-state index contributed by atoms with van der Waals surface area (Å²) in [4.78, 5) is 50.9. The minimum absolute atomic E-state index is 0.145. The quantitative estimate of drug-likeness (QED) is 0.361. The van der Waals surface area contributed by atoms with Gasteiger partial charge in [0.2, 0.25) is 0 Å². The first-order valence-corrected chi connectivity index (χ1v) is 8.17. The molecule has 0 bridgehead atoms. The van der Waals surface area contributed by atoms with Crippen molar-refractivity contribution in [3.8, 4) is 0 Å². The summed E-state index contributed by atoms with van der Waals surface area (Å²) < 4.78 is 4.07. The average molecular weight is 385 g/mol. The molecule has 1 aromatic rings. The molecule has 2 N–H and O–H groups in total. The van der Waals surface area contributed by atoms with Gasteiger partial charge in [-0.3, -0.25) is 19.4 Å². The fourth-order valence-corrected chi connectivity index (χ4v) is 2.77. The van der Waals surface area contributed by atoms with E-state index in [-0.39, 0.29) is 17.9 Å². The number of amidine groups is 1. The Balaban J connectivity index is 1.58. The van der Waals surface area contributed by atoms with E-state index in [9.17, 15) is 19.2 Å². The molecule has 0 spiro atoms. The van der Waals surface area contributed by atoms with Crippen molar-refractivity contribution in [1.29, 1.82) is 0 Å². The van der Waals surface area contributed by atoms with E-state index in [1.54, 1.807) is 12.1 Å². The van der Waals surface area contributed by atoms with Gasteiger partial charge in [-0.2, -0.15) is 10.0 Å². The summed E-state index contributed by atoms with van der Waals surface area (Å²) in [5, 5.41) is 12.7. The van der Waals surface area contributed by atoms with E-state index in [0.717, 1.165) is 4.90 Å². The molecular formula is C17H17N6O5+. The molecule has 0 aliphatic carbocycles. The Bertz CT molecular complexity index is 947. The number of hydrogen-bond donors (Lipinski definition) is 2. The number of nitrogens with one attached hydrogen (secondary N) is 1. The molecular weight excluding hydrogens is 368 g/mol. The second kappa shape index (κ2) is 7.33. The Hall–Kier alpha value is -3.98. The van der Waals surface area contributed by atoms with Crippen molar-refractivity contribution in [2.75, 3.05) is 20.6 Å². The normalized spacial score (nSPS) is 18.6. The van der Waals surface area contributed by atoms with E-state index < -0.39 is 29.9 Å². The van der Waals surface area contributed by atoms with Crippen molar-refractivity contribution >= 4 is 42.2 Å². The number of nitrogens with zero attached hydrogens (tertiary/aromatic N) is 5. The first kappa shape index (κ1) is 18.8. The summed E-state index contributed by atoms with van der Waals surface area (Å²) in [7, 11) is 2.88. The fourth-order valence-electron chi connectivity index (χ4n) is 2.77. The molecule has 4 amide bonds. The number of imide groups is 1. The Labute approximate surface area is 159 Å². The van der Waals surface area contributed by atoms with Crippen LogP contribution in [-0.2, 0) is 9.59 Å². The summed E-state index contributed by atoms with van der Waals surface area (Å²) in [6.45, 7) is -0.186. The molecule has 144 valence electrons. The van der Waals surface area contributed by atoms with Gasteiger partial charge in [0.25, 0.3) is 24.2 Å². The lowest BCUT2D eigenvalue weighted by molar-refractivity contribution is -0.131. The highest BCUT2D eigenvalue weighted by Gasteiger charge is 2.53. The Kier molecular flexibility index (Phi) is 4.92. The van der Waals surface area contributed by atoms with Crippen LogP contribution in [0.4, 0.5) is 4.79 Å². The van der Waals surface area contributed by atoms with E-state index in [4.69, 9.17) is 5.11 Å². The highest BCUT2D eigenvalue weighted by Crippen LogP contribution is 2.15. The maximum absolute atomic E-state index is 12.4. The van der Waals surface area contributed by atoms with Crippen molar-refractivity contribution in [2.45, 2.75) is 6.04 Å². The summed E-state index contributed by atoms with van der Waals surface area (Å²) in [5.41, 5.74) is 3.08. The van der Waals surface area contributed by atoms with Gasteiger partial charge in [-0.25, -0.2) is 19.7 Å². The average Bonchev–Trinajstić information content (AvgIpc) is 3.08. The summed E-state index contributed by atoms with van der Waals surface area (Å²) in [6, 6.07) is 4.62. The molecule has 1 atom stereocenters. The van der Waals surface area contributed by atoms with Crippen LogP contribution in [0.5, 0.6) is 0 Å². The molecule has 0 aromatic heterocycles. The predicted octanol–water partition coefficient (Wildman–Crippen LogP) is -1.46. The number of hydrazone groups is 1. The number of benzene rings is 1. The number of likely N-dealkylation sites (N-methyl/N-ethyl adjacent to an activating group) is 2. The summed E-state index contributed by atoms with van der Waals surface area (Å²) >= 11 is 0. The number of aromatic carboxylic acids is 1. The molecule has 1 fully saturated rings. The zero-order chi connectivity index (χ0) is 20.4. The van der Waals surface area contributed by atoms with E-state index >= 15 is 0 Å². The van der Waals surface area contributed by atoms with Crippen LogP contribution >= 0.6 is 0 Å². The molecule has 2 aliphatic heterocycles. The standard InChI is InChI=1S/C17H16N6O5/c1-21-14-13(15(25)22(2)17(21)28)23(9-18-14)8-12(24)20-19-7-10-3-5-11(6-4-10)16(26)27/h3-7,9,13H,8H2,1-2H3,(H-,20,24,26,27)/p+1/b19-7+. The molecule has 2 heterocycles. The first-order chi connectivity index (χ1) is 13.3. The number of carbonyl (C=O) groups is 4. The number of fused-ring (bicyclic) bond motifs is 1. The SMILES string of the molecule is CN1C(=O)C2C(=[N+]=CN2CC(=O)N/N=C/c2ccc(C(=O)O)cc2)N(C)C1=O. The summed E-state index contributed by atoms with van der Waals surface area (Å²) in [6.07, 6.45) is 2.71. The van der Waals surface area contributed by atoms with Crippen LogP contribution in [0.3, 0.4) is 0 Å². The van der Waals surface area contributed by atoms with Crippen molar-refractivity contribution < 1.29 is 24.3 Å². The van der Waals surface area contributed by atoms with Gasteiger partial charge in [0, 0.05) is 7.05 Å². The number of hydrogen-bond acceptors (Lipinski definition) is 6. The Morgan fingerprint density at radius 2 is 1.89 bits per heavy atom. The zero-order valence-corrected chi connectivity index (χ0v) is 15.1. The molecule has 2 aliphatic rings. The maximum atomic E-state index is 12.4. The molecule has 11 nitrogen and oxygen atoms in total. The van der Waals surface area contributed by atoms with Crippen LogP contribution in [0.15, 0.2) is 29.4 Å². The third kappa shape index (κ3) is 3.46. The largest absolute Gasteiger partial charge is 0.478 e. The molecule has 11 heteroatoms. The monoisotopic (exact) mass is 385 g/mol. The fraction of sp³-hybridized carbons (Fsp3) is 0.235. The molecule has 0 saturated carbocycles. The molecule has 0 radical (unpaired) electrons. The molecule has 3 rings (SSSR count). The number of rotatable bonds is 5. The van der Waals surface area contributed by atoms with Gasteiger partial charge in [-0.1, -0.05) is 12.1 Å². The van der Waals surface area contributed by atoms with Crippen LogP contribution in [0.2, 0.25) is 0 Å². The van der Waals surface area contributed by atoms with Crippen LogP contribution in [0, 0.1) is 0 Å². The van der Waals surface area contributed by atoms with E-state index in [1.165, 1.54) is 48.6 Å². The lowest BCUT2D eigenvalue weighted by Crippen LogP contribution is -2.63. The van der Waals surface area contributed by atoms with Gasteiger partial charge in [0.15, 0.2) is 0 Å². The van der Waals surface area contributed by atoms with Gasteiger partial charge >= 0.3 is 17.8 Å².